The van der Waals surface area contributed by atoms with Crippen molar-refractivity contribution in [3.8, 4) is 0 Å². The zero-order chi connectivity index (χ0) is 41.8. The molecule has 1 aromatic carbocycles. The van der Waals surface area contributed by atoms with Gasteiger partial charge >= 0.3 is 24.0 Å². The summed E-state index contributed by atoms with van der Waals surface area (Å²) >= 11 is 0. The van der Waals surface area contributed by atoms with E-state index in [1.807, 2.05) is 78.8 Å². The zero-order valence-corrected chi connectivity index (χ0v) is 35.2. The molecule has 0 radical (unpaired) electrons. The van der Waals surface area contributed by atoms with Crippen molar-refractivity contribution in [2.24, 2.45) is 11.3 Å². The molecule has 3 amide bonds. The highest BCUT2D eigenvalue weighted by Crippen LogP contribution is 2.32. The van der Waals surface area contributed by atoms with Crippen LogP contribution in [0.1, 0.15) is 108 Å². The second-order valence-electron chi connectivity index (χ2n) is 16.4. The molecule has 0 aromatic heterocycles. The molecule has 54 heavy (non-hydrogen) atoms. The van der Waals surface area contributed by atoms with Gasteiger partial charge in [-0.1, -0.05) is 84.9 Å². The van der Waals surface area contributed by atoms with E-state index in [9.17, 15) is 28.8 Å². The Morgan fingerprint density at radius 2 is 1.39 bits per heavy atom. The van der Waals surface area contributed by atoms with E-state index < -0.39 is 76.5 Å². The average molecular weight is 760 g/mol. The molecule has 0 aliphatic carbocycles. The lowest BCUT2D eigenvalue weighted by molar-refractivity contribution is -0.166. The van der Waals surface area contributed by atoms with Gasteiger partial charge in [0.05, 0.1) is 19.3 Å². The highest BCUT2D eigenvalue weighted by molar-refractivity contribution is 5.93. The van der Waals surface area contributed by atoms with Crippen molar-refractivity contribution in [1.82, 2.24) is 15.1 Å². The van der Waals surface area contributed by atoms with Crippen LogP contribution in [-0.4, -0.2) is 103 Å². The first-order valence-electron chi connectivity index (χ1n) is 18.6. The van der Waals surface area contributed by atoms with Gasteiger partial charge in [0, 0.05) is 37.9 Å². The molecule has 0 spiro atoms. The summed E-state index contributed by atoms with van der Waals surface area (Å²) in [6.07, 6.45) is -0.732. The molecule has 0 aliphatic heterocycles. The zero-order valence-electron chi connectivity index (χ0n) is 35.2. The van der Waals surface area contributed by atoms with Gasteiger partial charge in [-0.25, -0.2) is 14.4 Å². The lowest BCUT2D eigenvalue weighted by atomic mass is 9.76. The predicted molar refractivity (Wildman–Crippen MR) is 206 cm³/mol. The van der Waals surface area contributed by atoms with Crippen LogP contribution in [0.2, 0.25) is 0 Å². The van der Waals surface area contributed by atoms with E-state index in [4.69, 9.17) is 18.9 Å². The van der Waals surface area contributed by atoms with Crippen molar-refractivity contribution < 1.29 is 47.7 Å². The molecule has 304 valence electrons. The number of ether oxygens (including phenoxy) is 4. The first kappa shape index (κ1) is 47.6. The summed E-state index contributed by atoms with van der Waals surface area (Å²) in [6, 6.07) is 6.54. The molecule has 1 aromatic rings. The number of rotatable bonds is 17. The first-order chi connectivity index (χ1) is 24.8. The summed E-state index contributed by atoms with van der Waals surface area (Å²) < 4.78 is 21.2. The number of likely N-dealkylation sites (N-methyl/N-ethyl adjacent to an activating group) is 2. The maximum absolute atomic E-state index is 14.5. The van der Waals surface area contributed by atoms with E-state index in [1.54, 1.807) is 47.7 Å². The van der Waals surface area contributed by atoms with Crippen LogP contribution >= 0.6 is 0 Å². The number of carbonyl (C=O) groups is 6. The van der Waals surface area contributed by atoms with Crippen LogP contribution in [-0.2, 0) is 48.3 Å². The Kier molecular flexibility index (Phi) is 17.9. The first-order valence-corrected chi connectivity index (χ1v) is 18.6. The van der Waals surface area contributed by atoms with Crippen molar-refractivity contribution in [3.63, 3.8) is 0 Å². The molecule has 1 rings (SSSR count). The van der Waals surface area contributed by atoms with E-state index in [2.05, 4.69) is 5.32 Å². The van der Waals surface area contributed by atoms with Crippen LogP contribution in [0.25, 0.3) is 0 Å². The fourth-order valence-corrected chi connectivity index (χ4v) is 5.91. The van der Waals surface area contributed by atoms with Crippen LogP contribution in [0.15, 0.2) is 42.0 Å². The Labute approximate surface area is 322 Å². The summed E-state index contributed by atoms with van der Waals surface area (Å²) in [6.45, 7) is 23.2. The number of esters is 3. The molecular formula is C41H65N3O10. The molecule has 0 bridgehead atoms. The molecule has 0 unspecified atom stereocenters. The minimum Gasteiger partial charge on any atom is -0.466 e. The summed E-state index contributed by atoms with van der Waals surface area (Å²) in [4.78, 5) is 83.0. The monoisotopic (exact) mass is 759 g/mol. The number of hydrogen-bond acceptors (Lipinski definition) is 10. The SMILES string of the molecule is CCOC(=O)CC[C@H](OC(=O)/C(C)=C/[C@H](C(C)C)N(C)C(=O)[C@@H](NC(=O)[C@@H](N(C)C(=O)OC(C)(C)C)C(C)(C)c1ccccc1)C(C)(C)C)C(=O)OCC. The van der Waals surface area contributed by atoms with Crippen molar-refractivity contribution in [2.75, 3.05) is 27.3 Å². The van der Waals surface area contributed by atoms with Gasteiger partial charge in [0.25, 0.3) is 0 Å². The third-order valence-corrected chi connectivity index (χ3v) is 8.85. The third kappa shape index (κ3) is 14.1. The summed E-state index contributed by atoms with van der Waals surface area (Å²) in [7, 11) is 3.10. The average Bonchev–Trinajstić information content (AvgIpc) is 3.06. The Morgan fingerprint density at radius 1 is 0.833 bits per heavy atom. The largest absolute Gasteiger partial charge is 0.466 e. The third-order valence-electron chi connectivity index (χ3n) is 8.85. The Bertz CT molecular complexity index is 1470. The topological polar surface area (TPSA) is 158 Å². The van der Waals surface area contributed by atoms with Crippen LogP contribution in [0.3, 0.4) is 0 Å². The van der Waals surface area contributed by atoms with Gasteiger partial charge in [-0.3, -0.25) is 19.3 Å². The fourth-order valence-electron chi connectivity index (χ4n) is 5.91. The van der Waals surface area contributed by atoms with E-state index in [0.717, 1.165) is 5.56 Å². The van der Waals surface area contributed by atoms with Gasteiger partial charge in [0.15, 0.2) is 6.10 Å². The standard InChI is InChI=1S/C41H65N3O10/c1-16-51-31(45)24-23-30(37(49)52-17-2)53-36(48)27(5)25-29(26(3)4)43(14)35(47)32(39(6,7)8)42-34(46)33(44(15)38(50)54-40(9,10)11)41(12,13)28-21-19-18-20-22-28/h18-22,25-26,29-30,32-33H,16-17,23-24H2,1-15H3,(H,42,46)/b27-25+/t29-,30+,32-,33-/m1/s1. The molecule has 0 saturated carbocycles. The van der Waals surface area contributed by atoms with E-state index in [-0.39, 0.29) is 37.5 Å². The van der Waals surface area contributed by atoms with Crippen LogP contribution in [0.5, 0.6) is 0 Å². The number of hydrogen-bond donors (Lipinski definition) is 1. The molecule has 1 N–H and O–H groups in total. The lowest BCUT2D eigenvalue weighted by Crippen LogP contribution is -2.63. The van der Waals surface area contributed by atoms with Crippen LogP contribution in [0, 0.1) is 11.3 Å². The van der Waals surface area contributed by atoms with Gasteiger partial charge < -0.3 is 29.2 Å². The molecule has 0 saturated heterocycles. The maximum Gasteiger partial charge on any atom is 0.410 e. The van der Waals surface area contributed by atoms with Gasteiger partial charge in [-0.2, -0.15) is 0 Å². The predicted octanol–water partition coefficient (Wildman–Crippen LogP) is 5.98. The number of nitrogens with zero attached hydrogens (tertiary/aromatic N) is 2. The van der Waals surface area contributed by atoms with Crippen molar-refractivity contribution >= 4 is 35.8 Å². The van der Waals surface area contributed by atoms with Crippen molar-refractivity contribution in [1.29, 1.82) is 0 Å². The molecule has 0 heterocycles. The summed E-state index contributed by atoms with van der Waals surface area (Å²) in [5.74, 6) is -3.33. The summed E-state index contributed by atoms with van der Waals surface area (Å²) in [5.41, 5.74) is -1.61. The second-order valence-corrected chi connectivity index (χ2v) is 16.4. The van der Waals surface area contributed by atoms with Gasteiger partial charge in [0.1, 0.15) is 17.7 Å². The molecule has 0 fully saturated rings. The quantitative estimate of drug-likeness (QED) is 0.114. The Balaban J connectivity index is 3.52. The summed E-state index contributed by atoms with van der Waals surface area (Å²) in [5, 5.41) is 2.98. The molecule has 0 aliphatic rings. The fraction of sp³-hybridized carbons (Fsp3) is 0.659. The lowest BCUT2D eigenvalue weighted by Gasteiger charge is -2.42. The minimum atomic E-state index is -1.34. The van der Waals surface area contributed by atoms with E-state index in [1.165, 1.54) is 23.8 Å². The number of benzene rings is 1. The highest BCUT2D eigenvalue weighted by atomic mass is 16.6. The highest BCUT2D eigenvalue weighted by Gasteiger charge is 2.46. The van der Waals surface area contributed by atoms with E-state index in [0.29, 0.717) is 0 Å². The van der Waals surface area contributed by atoms with E-state index >= 15 is 0 Å². The smallest absolute Gasteiger partial charge is 0.410 e. The Morgan fingerprint density at radius 3 is 1.87 bits per heavy atom. The number of carbonyl (C=O) groups excluding carboxylic acids is 6. The molecule has 4 atom stereocenters. The number of nitrogens with one attached hydrogen (secondary N) is 1. The van der Waals surface area contributed by atoms with Crippen LogP contribution in [0.4, 0.5) is 4.79 Å². The minimum absolute atomic E-state index is 0.0523. The molecular weight excluding hydrogens is 694 g/mol. The normalized spacial score (nSPS) is 14.6. The second kappa shape index (κ2) is 20.3. The molecule has 13 heteroatoms. The number of amides is 3. The maximum atomic E-state index is 14.5. The molecule has 13 nitrogen and oxygen atoms in total. The van der Waals surface area contributed by atoms with Gasteiger partial charge in [-0.15, -0.1) is 0 Å². The van der Waals surface area contributed by atoms with Crippen molar-refractivity contribution in [2.45, 2.75) is 138 Å². The van der Waals surface area contributed by atoms with Gasteiger partial charge in [0.2, 0.25) is 11.8 Å². The van der Waals surface area contributed by atoms with Crippen LogP contribution < -0.4 is 5.32 Å². The Hall–Kier alpha value is -4.42. The van der Waals surface area contributed by atoms with Gasteiger partial charge in [-0.05, 0) is 58.4 Å². The van der Waals surface area contributed by atoms with Crippen molar-refractivity contribution in [3.05, 3.63) is 47.5 Å².